The van der Waals surface area contributed by atoms with Crippen LogP contribution in [0.25, 0.3) is 11.0 Å². The number of aromatic hydroxyl groups is 1. The van der Waals surface area contributed by atoms with Crippen molar-refractivity contribution in [3.63, 3.8) is 0 Å². The lowest BCUT2D eigenvalue weighted by Crippen LogP contribution is -1.94. The number of phenolic OH excluding ortho intramolecular Hbond substituents is 1. The highest BCUT2D eigenvalue weighted by Crippen LogP contribution is 2.23. The van der Waals surface area contributed by atoms with E-state index >= 15 is 0 Å². The fraction of sp³-hybridized carbons (Fsp3) is 0.125. The third-order valence-electron chi connectivity index (χ3n) is 3.09. The number of ether oxygens (including phenoxy) is 1. The highest BCUT2D eigenvalue weighted by atomic mass is 16.5. The maximum atomic E-state index is 9.20. The summed E-state index contributed by atoms with van der Waals surface area (Å²) in [5, 5.41) is 10.2. The zero-order valence-corrected chi connectivity index (χ0v) is 10.9. The number of hydrogen-bond donors (Lipinski definition) is 2. The minimum atomic E-state index is 0.218. The van der Waals surface area contributed by atoms with Crippen LogP contribution in [0.1, 0.15) is 11.3 Å². The van der Waals surface area contributed by atoms with E-state index in [4.69, 9.17) is 14.9 Å². The normalized spacial score (nSPS) is 10.8. The summed E-state index contributed by atoms with van der Waals surface area (Å²) in [6.07, 6.45) is 0. The highest BCUT2D eigenvalue weighted by Gasteiger charge is 2.05. The van der Waals surface area contributed by atoms with Gasteiger partial charge in [0.05, 0.1) is 0 Å². The van der Waals surface area contributed by atoms with Crippen LogP contribution in [-0.2, 0) is 13.2 Å². The molecule has 0 atom stereocenters. The first-order chi connectivity index (χ1) is 9.74. The largest absolute Gasteiger partial charge is 0.508 e. The summed E-state index contributed by atoms with van der Waals surface area (Å²) >= 11 is 0. The first-order valence-electron chi connectivity index (χ1n) is 6.38. The van der Waals surface area contributed by atoms with Crippen LogP contribution in [-0.4, -0.2) is 5.11 Å². The predicted molar refractivity (Wildman–Crippen MR) is 76.5 cm³/mol. The van der Waals surface area contributed by atoms with Crippen LogP contribution >= 0.6 is 0 Å². The molecular weight excluding hydrogens is 254 g/mol. The average Bonchev–Trinajstić information content (AvgIpc) is 2.88. The van der Waals surface area contributed by atoms with Crippen LogP contribution in [0.3, 0.4) is 0 Å². The fourth-order valence-electron chi connectivity index (χ4n) is 2.03. The molecule has 0 bridgehead atoms. The Hall–Kier alpha value is -2.46. The molecule has 0 radical (unpaired) electrons. The van der Waals surface area contributed by atoms with Gasteiger partial charge in [0.25, 0.3) is 0 Å². The van der Waals surface area contributed by atoms with E-state index in [-0.39, 0.29) is 5.75 Å². The molecule has 1 heterocycles. The second kappa shape index (κ2) is 5.27. The molecular formula is C16H15NO3. The average molecular weight is 269 g/mol. The van der Waals surface area contributed by atoms with Gasteiger partial charge in [0.2, 0.25) is 0 Å². The van der Waals surface area contributed by atoms with Gasteiger partial charge in [-0.2, -0.15) is 0 Å². The van der Waals surface area contributed by atoms with Crippen molar-refractivity contribution in [2.75, 3.05) is 0 Å². The minimum absolute atomic E-state index is 0.218. The molecule has 0 amide bonds. The minimum Gasteiger partial charge on any atom is -0.508 e. The van der Waals surface area contributed by atoms with Crippen molar-refractivity contribution in [1.82, 2.24) is 0 Å². The van der Waals surface area contributed by atoms with Crippen molar-refractivity contribution in [1.29, 1.82) is 0 Å². The Morgan fingerprint density at radius 3 is 2.60 bits per heavy atom. The fourth-order valence-corrected chi connectivity index (χ4v) is 2.03. The van der Waals surface area contributed by atoms with Crippen LogP contribution in [0.2, 0.25) is 0 Å². The van der Waals surface area contributed by atoms with Crippen molar-refractivity contribution in [2.24, 2.45) is 5.73 Å². The van der Waals surface area contributed by atoms with Gasteiger partial charge in [0.1, 0.15) is 29.4 Å². The number of rotatable bonds is 4. The Kier molecular flexibility index (Phi) is 3.31. The highest BCUT2D eigenvalue weighted by molar-refractivity contribution is 5.78. The quantitative estimate of drug-likeness (QED) is 0.763. The van der Waals surface area contributed by atoms with E-state index in [1.807, 2.05) is 24.3 Å². The maximum Gasteiger partial charge on any atom is 0.146 e. The molecule has 0 fully saturated rings. The lowest BCUT2D eigenvalue weighted by Gasteiger charge is -2.03. The Balaban J connectivity index is 1.75. The summed E-state index contributed by atoms with van der Waals surface area (Å²) in [7, 11) is 0. The lowest BCUT2D eigenvalue weighted by atomic mass is 10.2. The van der Waals surface area contributed by atoms with Crippen LogP contribution < -0.4 is 10.5 Å². The standard InChI is InChI=1S/C16H15NO3/c17-9-11-1-2-12-8-15(20-16(12)7-11)10-19-14-5-3-13(18)4-6-14/h1-8,18H,9-10,17H2. The van der Waals surface area contributed by atoms with E-state index in [9.17, 15) is 5.11 Å². The van der Waals surface area contributed by atoms with Gasteiger partial charge in [-0.15, -0.1) is 0 Å². The van der Waals surface area contributed by atoms with Gasteiger partial charge in [-0.05, 0) is 42.0 Å². The topological polar surface area (TPSA) is 68.6 Å². The van der Waals surface area contributed by atoms with Crippen LogP contribution in [0.4, 0.5) is 0 Å². The van der Waals surface area contributed by atoms with Crippen molar-refractivity contribution in [3.8, 4) is 11.5 Å². The summed E-state index contributed by atoms with van der Waals surface area (Å²) in [6, 6.07) is 14.5. The number of phenols is 1. The first-order valence-corrected chi connectivity index (χ1v) is 6.38. The Bertz CT molecular complexity index is 716. The molecule has 0 saturated heterocycles. The summed E-state index contributed by atoms with van der Waals surface area (Å²) in [4.78, 5) is 0. The van der Waals surface area contributed by atoms with E-state index in [0.29, 0.717) is 18.9 Å². The number of hydrogen-bond acceptors (Lipinski definition) is 4. The summed E-state index contributed by atoms with van der Waals surface area (Å²) in [5.74, 6) is 1.66. The second-order valence-electron chi connectivity index (χ2n) is 4.57. The third kappa shape index (κ3) is 2.60. The summed E-state index contributed by atoms with van der Waals surface area (Å²) in [6.45, 7) is 0.841. The number of benzene rings is 2. The Morgan fingerprint density at radius 2 is 1.85 bits per heavy atom. The van der Waals surface area contributed by atoms with E-state index in [1.54, 1.807) is 24.3 Å². The number of nitrogens with two attached hydrogens (primary N) is 1. The summed E-state index contributed by atoms with van der Waals surface area (Å²) < 4.78 is 11.3. The van der Waals surface area contributed by atoms with Crippen molar-refractivity contribution in [2.45, 2.75) is 13.2 Å². The maximum absolute atomic E-state index is 9.20. The van der Waals surface area contributed by atoms with Crippen LogP contribution in [0.15, 0.2) is 52.9 Å². The zero-order chi connectivity index (χ0) is 13.9. The van der Waals surface area contributed by atoms with E-state index < -0.39 is 0 Å². The number of furan rings is 1. The molecule has 3 aromatic rings. The van der Waals surface area contributed by atoms with Gasteiger partial charge in [0.15, 0.2) is 0 Å². The Morgan fingerprint density at radius 1 is 1.05 bits per heavy atom. The molecule has 20 heavy (non-hydrogen) atoms. The molecule has 4 heteroatoms. The van der Waals surface area contributed by atoms with Gasteiger partial charge < -0.3 is 20.0 Å². The monoisotopic (exact) mass is 269 g/mol. The zero-order valence-electron chi connectivity index (χ0n) is 10.9. The van der Waals surface area contributed by atoms with E-state index in [2.05, 4.69) is 0 Å². The first kappa shape index (κ1) is 12.6. The molecule has 0 saturated carbocycles. The SMILES string of the molecule is NCc1ccc2cc(COc3ccc(O)cc3)oc2c1. The molecule has 0 aliphatic heterocycles. The van der Waals surface area contributed by atoms with Crippen molar-refractivity contribution < 1.29 is 14.3 Å². The molecule has 2 aromatic carbocycles. The molecule has 0 aliphatic rings. The molecule has 1 aromatic heterocycles. The molecule has 4 nitrogen and oxygen atoms in total. The molecule has 0 unspecified atom stereocenters. The second-order valence-corrected chi connectivity index (χ2v) is 4.57. The van der Waals surface area contributed by atoms with E-state index in [0.717, 1.165) is 22.3 Å². The van der Waals surface area contributed by atoms with Gasteiger partial charge in [0, 0.05) is 11.9 Å². The molecule has 3 N–H and O–H groups in total. The van der Waals surface area contributed by atoms with Gasteiger partial charge in [-0.3, -0.25) is 0 Å². The molecule has 0 spiro atoms. The van der Waals surface area contributed by atoms with Crippen molar-refractivity contribution in [3.05, 3.63) is 59.9 Å². The molecule has 102 valence electrons. The lowest BCUT2D eigenvalue weighted by molar-refractivity contribution is 0.274. The third-order valence-corrected chi connectivity index (χ3v) is 3.09. The molecule has 3 rings (SSSR count). The molecule has 0 aliphatic carbocycles. The van der Waals surface area contributed by atoms with Crippen LogP contribution in [0, 0.1) is 0 Å². The van der Waals surface area contributed by atoms with Crippen LogP contribution in [0.5, 0.6) is 11.5 Å². The van der Waals surface area contributed by atoms with Crippen molar-refractivity contribution >= 4 is 11.0 Å². The van der Waals surface area contributed by atoms with Gasteiger partial charge in [-0.1, -0.05) is 12.1 Å². The van der Waals surface area contributed by atoms with Gasteiger partial charge in [-0.25, -0.2) is 0 Å². The Labute approximate surface area is 116 Å². The predicted octanol–water partition coefficient (Wildman–Crippen LogP) is 3.18. The summed E-state index contributed by atoms with van der Waals surface area (Å²) in [5.41, 5.74) is 7.46. The van der Waals surface area contributed by atoms with E-state index in [1.165, 1.54) is 0 Å². The van der Waals surface area contributed by atoms with Gasteiger partial charge >= 0.3 is 0 Å². The number of fused-ring (bicyclic) bond motifs is 1. The smallest absolute Gasteiger partial charge is 0.146 e.